The second-order valence-corrected chi connectivity index (χ2v) is 4.59. The van der Waals surface area contributed by atoms with E-state index in [0.717, 1.165) is 24.3 Å². The Balaban J connectivity index is 2.40. The fourth-order valence-electron chi connectivity index (χ4n) is 1.75. The van der Waals surface area contributed by atoms with Gasteiger partial charge in [0, 0.05) is 16.4 Å². The van der Waals surface area contributed by atoms with Crippen molar-refractivity contribution in [2.75, 3.05) is 5.32 Å². The van der Waals surface area contributed by atoms with Crippen molar-refractivity contribution < 1.29 is 17.6 Å². The maximum absolute atomic E-state index is 13.2. The van der Waals surface area contributed by atoms with Crippen LogP contribution in [0, 0.1) is 17.1 Å². The Labute approximate surface area is 122 Å². The summed E-state index contributed by atoms with van der Waals surface area (Å²) in [5, 5.41) is 11.4. The molecule has 2 nitrogen and oxygen atoms in total. The molecule has 0 atom stereocenters. The summed E-state index contributed by atoms with van der Waals surface area (Å²) in [5.74, 6) is -0.616. The number of halogens is 5. The van der Waals surface area contributed by atoms with E-state index in [9.17, 15) is 17.6 Å². The van der Waals surface area contributed by atoms with E-state index in [0.29, 0.717) is 0 Å². The number of hydrogen-bond donors (Lipinski definition) is 1. The average molecular weight is 315 g/mol. The number of hydrogen-bond acceptors (Lipinski definition) is 2. The summed E-state index contributed by atoms with van der Waals surface area (Å²) in [4.78, 5) is 0. The molecule has 0 spiro atoms. The van der Waals surface area contributed by atoms with Crippen molar-refractivity contribution in [1.82, 2.24) is 0 Å². The highest BCUT2D eigenvalue weighted by molar-refractivity contribution is 6.30. The topological polar surface area (TPSA) is 35.8 Å². The first-order valence-electron chi connectivity index (χ1n) is 5.64. The minimum atomic E-state index is -4.65. The van der Waals surface area contributed by atoms with Crippen LogP contribution in [0.1, 0.15) is 11.1 Å². The van der Waals surface area contributed by atoms with Crippen LogP contribution in [0.2, 0.25) is 5.02 Å². The summed E-state index contributed by atoms with van der Waals surface area (Å²) in [6.45, 7) is 0. The van der Waals surface area contributed by atoms with Crippen molar-refractivity contribution in [2.45, 2.75) is 6.18 Å². The Morgan fingerprint density at radius 1 is 1.05 bits per heavy atom. The molecule has 2 rings (SSSR count). The molecule has 0 aliphatic rings. The second-order valence-electron chi connectivity index (χ2n) is 4.15. The van der Waals surface area contributed by atoms with Crippen LogP contribution in [0.4, 0.5) is 28.9 Å². The van der Waals surface area contributed by atoms with Gasteiger partial charge in [0.15, 0.2) is 0 Å². The molecule has 108 valence electrons. The van der Waals surface area contributed by atoms with Gasteiger partial charge in [0.25, 0.3) is 0 Å². The van der Waals surface area contributed by atoms with Crippen LogP contribution in [0.3, 0.4) is 0 Å². The Kier molecular flexibility index (Phi) is 4.05. The van der Waals surface area contributed by atoms with E-state index in [4.69, 9.17) is 16.9 Å². The lowest BCUT2D eigenvalue weighted by atomic mass is 10.1. The van der Waals surface area contributed by atoms with Crippen LogP contribution in [0.5, 0.6) is 0 Å². The molecule has 0 aromatic heterocycles. The third kappa shape index (κ3) is 3.64. The van der Waals surface area contributed by atoms with Gasteiger partial charge in [0.2, 0.25) is 0 Å². The summed E-state index contributed by atoms with van der Waals surface area (Å²) in [6, 6.07) is 8.16. The zero-order valence-corrected chi connectivity index (χ0v) is 11.1. The van der Waals surface area contributed by atoms with Gasteiger partial charge < -0.3 is 5.32 Å². The van der Waals surface area contributed by atoms with E-state index >= 15 is 0 Å². The summed E-state index contributed by atoms with van der Waals surface area (Å²) in [5.41, 5.74) is -1.26. The van der Waals surface area contributed by atoms with E-state index in [1.165, 1.54) is 18.2 Å². The molecule has 2 aromatic carbocycles. The van der Waals surface area contributed by atoms with Crippen LogP contribution in [0.25, 0.3) is 0 Å². The zero-order valence-electron chi connectivity index (χ0n) is 10.3. The predicted octanol–water partition coefficient (Wildman–Crippen LogP) is 5.11. The smallest absolute Gasteiger partial charge is 0.355 e. The summed E-state index contributed by atoms with van der Waals surface area (Å²) >= 11 is 5.66. The molecule has 0 bridgehead atoms. The Morgan fingerprint density at radius 2 is 1.76 bits per heavy atom. The van der Waals surface area contributed by atoms with E-state index in [2.05, 4.69) is 5.32 Å². The monoisotopic (exact) mass is 314 g/mol. The van der Waals surface area contributed by atoms with Crippen LogP contribution < -0.4 is 5.32 Å². The SMILES string of the molecule is N#Cc1ccc(Nc2cc(F)cc(Cl)c2)cc1C(F)(F)F. The molecule has 0 saturated heterocycles. The van der Waals surface area contributed by atoms with Crippen molar-refractivity contribution in [1.29, 1.82) is 5.26 Å². The largest absolute Gasteiger partial charge is 0.417 e. The van der Waals surface area contributed by atoms with Gasteiger partial charge in [-0.05, 0) is 36.4 Å². The molecule has 21 heavy (non-hydrogen) atoms. The van der Waals surface area contributed by atoms with Crippen molar-refractivity contribution >= 4 is 23.0 Å². The highest BCUT2D eigenvalue weighted by Crippen LogP contribution is 2.34. The normalized spacial score (nSPS) is 11.0. The molecule has 0 fully saturated rings. The summed E-state index contributed by atoms with van der Waals surface area (Å²) in [7, 11) is 0. The Bertz CT molecular complexity index is 700. The number of nitriles is 1. The van der Waals surface area contributed by atoms with Gasteiger partial charge >= 0.3 is 6.18 Å². The number of benzene rings is 2. The van der Waals surface area contributed by atoms with Gasteiger partial charge in [-0.25, -0.2) is 4.39 Å². The molecule has 0 aliphatic carbocycles. The average Bonchev–Trinajstić information content (AvgIpc) is 2.36. The lowest BCUT2D eigenvalue weighted by Gasteiger charge is -2.12. The third-order valence-electron chi connectivity index (χ3n) is 2.60. The Morgan fingerprint density at radius 3 is 2.33 bits per heavy atom. The highest BCUT2D eigenvalue weighted by Gasteiger charge is 2.33. The molecule has 2 aromatic rings. The van der Waals surface area contributed by atoms with Gasteiger partial charge in [-0.2, -0.15) is 18.4 Å². The van der Waals surface area contributed by atoms with Gasteiger partial charge in [-0.3, -0.25) is 0 Å². The predicted molar refractivity (Wildman–Crippen MR) is 70.9 cm³/mol. The van der Waals surface area contributed by atoms with Crippen molar-refractivity contribution in [3.63, 3.8) is 0 Å². The lowest BCUT2D eigenvalue weighted by Crippen LogP contribution is -2.08. The standard InChI is InChI=1S/C14H7ClF4N2/c15-9-3-10(16)5-12(4-9)21-11-2-1-8(7-20)13(6-11)14(17,18)19/h1-6,21H. The molecular weight excluding hydrogens is 308 g/mol. The van der Waals surface area contributed by atoms with Crippen LogP contribution in [-0.4, -0.2) is 0 Å². The van der Waals surface area contributed by atoms with Gasteiger partial charge in [-0.1, -0.05) is 11.6 Å². The maximum Gasteiger partial charge on any atom is 0.417 e. The number of nitrogens with zero attached hydrogens (tertiary/aromatic N) is 1. The molecule has 0 saturated carbocycles. The maximum atomic E-state index is 13.2. The van der Waals surface area contributed by atoms with E-state index in [1.54, 1.807) is 0 Å². The zero-order chi connectivity index (χ0) is 15.6. The molecule has 0 radical (unpaired) electrons. The minimum absolute atomic E-state index is 0.0722. The number of anilines is 2. The summed E-state index contributed by atoms with van der Waals surface area (Å²) < 4.78 is 51.6. The molecule has 1 N–H and O–H groups in total. The molecule has 7 heteroatoms. The number of rotatable bonds is 2. The van der Waals surface area contributed by atoms with Crippen molar-refractivity contribution in [3.8, 4) is 6.07 Å². The fourth-order valence-corrected chi connectivity index (χ4v) is 1.97. The fraction of sp³-hybridized carbons (Fsp3) is 0.0714. The lowest BCUT2D eigenvalue weighted by molar-refractivity contribution is -0.137. The van der Waals surface area contributed by atoms with Crippen LogP contribution in [-0.2, 0) is 6.18 Å². The first-order valence-corrected chi connectivity index (χ1v) is 6.02. The van der Waals surface area contributed by atoms with E-state index in [1.807, 2.05) is 0 Å². The molecule has 0 amide bonds. The Hall–Kier alpha value is -2.26. The third-order valence-corrected chi connectivity index (χ3v) is 2.81. The van der Waals surface area contributed by atoms with Crippen LogP contribution in [0.15, 0.2) is 36.4 Å². The van der Waals surface area contributed by atoms with Gasteiger partial charge in [0.05, 0.1) is 17.2 Å². The molecule has 0 unspecified atom stereocenters. The first kappa shape index (κ1) is 15.1. The summed E-state index contributed by atoms with van der Waals surface area (Å²) in [6.07, 6.45) is -4.65. The van der Waals surface area contributed by atoms with Crippen LogP contribution >= 0.6 is 11.6 Å². The van der Waals surface area contributed by atoms with Crippen molar-refractivity contribution in [2.24, 2.45) is 0 Å². The molecular formula is C14H7ClF4N2. The van der Waals surface area contributed by atoms with E-state index in [-0.39, 0.29) is 16.4 Å². The second kappa shape index (κ2) is 5.62. The number of nitrogens with one attached hydrogen (secondary N) is 1. The molecule has 0 aliphatic heterocycles. The quantitative estimate of drug-likeness (QED) is 0.782. The minimum Gasteiger partial charge on any atom is -0.355 e. The van der Waals surface area contributed by atoms with Gasteiger partial charge in [-0.15, -0.1) is 0 Å². The van der Waals surface area contributed by atoms with Gasteiger partial charge in [0.1, 0.15) is 5.82 Å². The highest BCUT2D eigenvalue weighted by atomic mass is 35.5. The first-order chi connectivity index (χ1) is 9.79. The number of alkyl halides is 3. The molecule has 0 heterocycles. The van der Waals surface area contributed by atoms with E-state index < -0.39 is 23.1 Å². The van der Waals surface area contributed by atoms with Crippen molar-refractivity contribution in [3.05, 3.63) is 58.4 Å².